The molecule has 0 bridgehead atoms. The van der Waals surface area contributed by atoms with Crippen LogP contribution < -0.4 is 4.72 Å². The third kappa shape index (κ3) is 3.08. The van der Waals surface area contributed by atoms with Gasteiger partial charge in [-0.15, -0.1) is 4.72 Å². The lowest BCUT2D eigenvalue weighted by Crippen LogP contribution is -2.40. The second-order valence-electron chi connectivity index (χ2n) is 5.59. The van der Waals surface area contributed by atoms with Crippen molar-refractivity contribution in [3.05, 3.63) is 23.7 Å². The molecule has 0 aromatic carbocycles. The number of hydrogen-bond donors (Lipinski definition) is 1. The molecule has 2 aromatic rings. The van der Waals surface area contributed by atoms with E-state index in [0.717, 1.165) is 16.8 Å². The lowest BCUT2D eigenvalue weighted by molar-refractivity contribution is 0.449. The Bertz CT molecular complexity index is 577. The molecule has 0 amide bonds. The lowest BCUT2D eigenvalue weighted by Gasteiger charge is -2.26. The van der Waals surface area contributed by atoms with Gasteiger partial charge in [0.2, 0.25) is 0 Å². The standard InChI is InChI=1S/C13H19N3O2S/c1-8-10-6-11(14-7-12(10)18-15-8)9(2)16-19(17)13(3,4)5/h6-7,9,16H,1-5H3/t9-,19?/m1/s1. The largest absolute Gasteiger partial charge is 0.598 e. The molecule has 2 rings (SSSR count). The van der Waals surface area contributed by atoms with Crippen molar-refractivity contribution in [2.45, 2.75) is 45.4 Å². The Balaban J connectivity index is 2.21. The molecule has 0 aliphatic carbocycles. The van der Waals surface area contributed by atoms with E-state index in [1.807, 2.05) is 40.7 Å². The summed E-state index contributed by atoms with van der Waals surface area (Å²) in [5.74, 6) is 0. The Morgan fingerprint density at radius 3 is 2.74 bits per heavy atom. The minimum atomic E-state index is -1.13. The third-order valence-corrected chi connectivity index (χ3v) is 4.52. The number of fused-ring (bicyclic) bond motifs is 1. The average molecular weight is 281 g/mol. The van der Waals surface area contributed by atoms with Gasteiger partial charge in [0.25, 0.3) is 0 Å². The maximum absolute atomic E-state index is 12.1. The molecule has 1 unspecified atom stereocenters. The highest BCUT2D eigenvalue weighted by atomic mass is 32.2. The summed E-state index contributed by atoms with van der Waals surface area (Å²) in [6, 6.07) is 1.83. The van der Waals surface area contributed by atoms with Gasteiger partial charge < -0.3 is 9.08 Å². The zero-order valence-electron chi connectivity index (χ0n) is 11.9. The topological polar surface area (TPSA) is 74.0 Å². The number of aryl methyl sites for hydroxylation is 1. The van der Waals surface area contributed by atoms with Gasteiger partial charge in [-0.3, -0.25) is 4.98 Å². The van der Waals surface area contributed by atoms with E-state index in [1.165, 1.54) is 0 Å². The van der Waals surface area contributed by atoms with Gasteiger partial charge in [-0.1, -0.05) is 5.16 Å². The summed E-state index contributed by atoms with van der Waals surface area (Å²) in [5.41, 5.74) is 2.34. The summed E-state index contributed by atoms with van der Waals surface area (Å²) in [7, 11) is 0. The van der Waals surface area contributed by atoms with Crippen molar-refractivity contribution in [1.82, 2.24) is 14.9 Å². The van der Waals surface area contributed by atoms with Crippen LogP contribution in [0, 0.1) is 6.92 Å². The molecule has 0 radical (unpaired) electrons. The fraction of sp³-hybridized carbons (Fsp3) is 0.538. The van der Waals surface area contributed by atoms with Gasteiger partial charge in [0.05, 0.1) is 23.6 Å². The van der Waals surface area contributed by atoms with Gasteiger partial charge in [-0.25, -0.2) is 0 Å². The minimum absolute atomic E-state index is 0.0984. The van der Waals surface area contributed by atoms with Crippen LogP contribution in [-0.2, 0) is 11.4 Å². The van der Waals surface area contributed by atoms with E-state index in [-0.39, 0.29) is 10.8 Å². The highest BCUT2D eigenvalue weighted by molar-refractivity contribution is 7.90. The Morgan fingerprint density at radius 1 is 1.42 bits per heavy atom. The SMILES string of the molecule is Cc1noc2cnc([C@@H](C)N[S+]([O-])C(C)(C)C)cc12. The minimum Gasteiger partial charge on any atom is -0.598 e. The number of pyridine rings is 1. The number of aromatic nitrogens is 2. The second kappa shape index (κ2) is 5.11. The first-order chi connectivity index (χ1) is 8.79. The number of hydrogen-bond acceptors (Lipinski definition) is 5. The first-order valence-corrected chi connectivity index (χ1v) is 7.34. The molecule has 0 aliphatic heterocycles. The highest BCUT2D eigenvalue weighted by Crippen LogP contribution is 2.22. The van der Waals surface area contributed by atoms with Crippen LogP contribution in [0.3, 0.4) is 0 Å². The zero-order valence-corrected chi connectivity index (χ0v) is 12.7. The van der Waals surface area contributed by atoms with Crippen molar-refractivity contribution in [3.8, 4) is 0 Å². The van der Waals surface area contributed by atoms with Gasteiger partial charge >= 0.3 is 0 Å². The number of rotatable bonds is 3. The van der Waals surface area contributed by atoms with Crippen LogP contribution in [0.5, 0.6) is 0 Å². The monoisotopic (exact) mass is 281 g/mol. The predicted molar refractivity (Wildman–Crippen MR) is 76.0 cm³/mol. The van der Waals surface area contributed by atoms with Gasteiger partial charge in [0.1, 0.15) is 4.75 Å². The molecule has 2 heterocycles. The first-order valence-electron chi connectivity index (χ1n) is 6.19. The molecular weight excluding hydrogens is 262 g/mol. The van der Waals surface area contributed by atoms with Gasteiger partial charge in [-0.2, -0.15) is 0 Å². The van der Waals surface area contributed by atoms with Crippen LogP contribution in [0.4, 0.5) is 0 Å². The van der Waals surface area contributed by atoms with Crippen LogP contribution in [0.1, 0.15) is 45.1 Å². The van der Waals surface area contributed by atoms with E-state index >= 15 is 0 Å². The average Bonchev–Trinajstić information content (AvgIpc) is 2.69. The molecule has 6 heteroatoms. The summed E-state index contributed by atoms with van der Waals surface area (Å²) < 4.78 is 20.0. The maximum atomic E-state index is 12.1. The fourth-order valence-corrected chi connectivity index (χ4v) is 2.41. The van der Waals surface area contributed by atoms with Gasteiger partial charge in [0.15, 0.2) is 5.58 Å². The first kappa shape index (κ1) is 14.3. The molecule has 19 heavy (non-hydrogen) atoms. The molecule has 0 saturated carbocycles. The van der Waals surface area contributed by atoms with Gasteiger partial charge in [0, 0.05) is 16.7 Å². The molecule has 0 saturated heterocycles. The summed E-state index contributed by atoms with van der Waals surface area (Å²) in [6.45, 7) is 9.64. The molecule has 5 nitrogen and oxygen atoms in total. The van der Waals surface area contributed by atoms with Crippen molar-refractivity contribution >= 4 is 22.3 Å². The summed E-state index contributed by atoms with van der Waals surface area (Å²) >= 11 is -1.13. The van der Waals surface area contributed by atoms with Crippen molar-refractivity contribution in [3.63, 3.8) is 0 Å². The Hall–Kier alpha value is -1.11. The number of nitrogens with one attached hydrogen (secondary N) is 1. The molecular formula is C13H19N3O2S. The van der Waals surface area contributed by atoms with Crippen LogP contribution in [-0.4, -0.2) is 19.4 Å². The van der Waals surface area contributed by atoms with Crippen LogP contribution in [0.15, 0.2) is 16.8 Å². The van der Waals surface area contributed by atoms with E-state index in [0.29, 0.717) is 5.58 Å². The Morgan fingerprint density at radius 2 is 2.11 bits per heavy atom. The molecule has 104 valence electrons. The number of nitrogens with zero attached hydrogens (tertiary/aromatic N) is 2. The molecule has 1 N–H and O–H groups in total. The van der Waals surface area contributed by atoms with E-state index in [9.17, 15) is 4.55 Å². The fourth-order valence-electron chi connectivity index (χ4n) is 1.62. The van der Waals surface area contributed by atoms with Crippen molar-refractivity contribution in [2.75, 3.05) is 0 Å². The van der Waals surface area contributed by atoms with Crippen molar-refractivity contribution in [1.29, 1.82) is 0 Å². The quantitative estimate of drug-likeness (QED) is 0.875. The summed E-state index contributed by atoms with van der Waals surface area (Å²) in [5, 5.41) is 4.85. The maximum Gasteiger partial charge on any atom is 0.185 e. The summed E-state index contributed by atoms with van der Waals surface area (Å²) in [4.78, 5) is 4.32. The second-order valence-corrected chi connectivity index (χ2v) is 7.59. The normalized spacial score (nSPS) is 15.7. The van der Waals surface area contributed by atoms with Crippen molar-refractivity contribution < 1.29 is 9.08 Å². The third-order valence-electron chi connectivity index (χ3n) is 2.84. The Labute approximate surface area is 116 Å². The molecule has 0 aliphatic rings. The van der Waals surface area contributed by atoms with Crippen LogP contribution >= 0.6 is 0 Å². The van der Waals surface area contributed by atoms with Crippen LogP contribution in [0.2, 0.25) is 0 Å². The van der Waals surface area contributed by atoms with E-state index in [2.05, 4.69) is 14.9 Å². The van der Waals surface area contributed by atoms with Crippen molar-refractivity contribution in [2.24, 2.45) is 0 Å². The molecule has 0 fully saturated rings. The van der Waals surface area contributed by atoms with E-state index in [4.69, 9.17) is 4.52 Å². The molecule has 2 aromatic heterocycles. The highest BCUT2D eigenvalue weighted by Gasteiger charge is 2.28. The van der Waals surface area contributed by atoms with Crippen LogP contribution in [0.25, 0.3) is 11.0 Å². The predicted octanol–water partition coefficient (Wildman–Crippen LogP) is 2.64. The smallest absolute Gasteiger partial charge is 0.185 e. The van der Waals surface area contributed by atoms with Gasteiger partial charge in [-0.05, 0) is 40.7 Å². The zero-order chi connectivity index (χ0) is 14.2. The molecule has 2 atom stereocenters. The molecule has 0 spiro atoms. The summed E-state index contributed by atoms with van der Waals surface area (Å²) in [6.07, 6.45) is 1.66. The Kier molecular flexibility index (Phi) is 3.85. The van der Waals surface area contributed by atoms with E-state index < -0.39 is 11.4 Å². The van der Waals surface area contributed by atoms with E-state index in [1.54, 1.807) is 6.20 Å². The lowest BCUT2D eigenvalue weighted by atomic mass is 10.1.